The first-order valence-electron chi connectivity index (χ1n) is 10.3. The average molecular weight is 462 g/mol. The maximum atomic E-state index is 13.4. The van der Waals surface area contributed by atoms with Crippen LogP contribution >= 0.6 is 11.6 Å². The Morgan fingerprint density at radius 3 is 2.53 bits per heavy atom. The lowest BCUT2D eigenvalue weighted by atomic mass is 9.86. The van der Waals surface area contributed by atoms with Crippen molar-refractivity contribution >= 4 is 40.0 Å². The molecular weight excluding hydrogens is 443 g/mol. The van der Waals surface area contributed by atoms with Crippen molar-refractivity contribution in [2.24, 2.45) is 0 Å². The highest BCUT2D eigenvalue weighted by Crippen LogP contribution is 2.40. The number of piperidine rings is 1. The van der Waals surface area contributed by atoms with E-state index in [1.807, 2.05) is 0 Å². The molecule has 0 saturated carbocycles. The second-order valence-corrected chi connectivity index (χ2v) is 8.60. The Morgan fingerprint density at radius 2 is 1.81 bits per heavy atom. The maximum Gasteiger partial charge on any atom is 0.416 e. The summed E-state index contributed by atoms with van der Waals surface area (Å²) in [7, 11) is 0. The minimum absolute atomic E-state index is 0.0907. The van der Waals surface area contributed by atoms with Crippen LogP contribution in [0.1, 0.15) is 40.2 Å². The third-order valence-electron chi connectivity index (χ3n) is 6.29. The van der Waals surface area contributed by atoms with Gasteiger partial charge in [0.2, 0.25) is 5.91 Å². The van der Waals surface area contributed by atoms with Crippen LogP contribution < -0.4 is 5.32 Å². The molecule has 2 aromatic carbocycles. The van der Waals surface area contributed by atoms with E-state index in [0.29, 0.717) is 58.7 Å². The molecule has 3 heterocycles. The van der Waals surface area contributed by atoms with Crippen LogP contribution in [0.4, 0.5) is 18.9 Å². The molecule has 1 saturated heterocycles. The number of carbonyl (C=O) groups excluding carboxylic acids is 2. The highest BCUT2D eigenvalue weighted by Gasteiger charge is 2.36. The molecule has 2 aliphatic heterocycles. The molecule has 3 aromatic rings. The number of rotatable bonds is 2. The van der Waals surface area contributed by atoms with Gasteiger partial charge in [0.05, 0.1) is 27.4 Å². The number of nitrogens with zero attached hydrogens (tertiary/aromatic N) is 2. The Hall–Kier alpha value is -3.00. The van der Waals surface area contributed by atoms with Gasteiger partial charge in [-0.15, -0.1) is 0 Å². The van der Waals surface area contributed by atoms with Crippen molar-refractivity contribution in [3.8, 4) is 0 Å². The average Bonchev–Trinajstić information content (AvgIpc) is 3.14. The third kappa shape index (κ3) is 3.43. The Labute approximate surface area is 186 Å². The lowest BCUT2D eigenvalue weighted by molar-refractivity contribution is -0.138. The Morgan fingerprint density at radius 1 is 1.09 bits per heavy atom. The van der Waals surface area contributed by atoms with Crippen molar-refractivity contribution < 1.29 is 22.8 Å². The monoisotopic (exact) mass is 461 g/mol. The molecular formula is C23H19ClF3N3O2. The van der Waals surface area contributed by atoms with E-state index in [2.05, 4.69) is 5.32 Å². The van der Waals surface area contributed by atoms with Crippen molar-refractivity contribution in [3.63, 3.8) is 0 Å². The zero-order valence-electron chi connectivity index (χ0n) is 16.9. The fourth-order valence-corrected chi connectivity index (χ4v) is 4.99. The largest absolute Gasteiger partial charge is 0.416 e. The fourth-order valence-electron chi connectivity index (χ4n) is 4.79. The third-order valence-corrected chi connectivity index (χ3v) is 6.60. The number of anilines is 1. The summed E-state index contributed by atoms with van der Waals surface area (Å²) in [6.45, 7) is 0.813. The SMILES string of the molecule is O=C1Cn2cc(C(=O)N3CCC(c4ccccc4C(F)(F)F)CC3)c3ccc(Cl)c(c32)N1. The zero-order chi connectivity index (χ0) is 22.6. The normalized spacial score (nSPS) is 17.0. The quantitative estimate of drug-likeness (QED) is 0.564. The molecule has 2 aliphatic rings. The van der Waals surface area contributed by atoms with Crippen molar-refractivity contribution in [2.45, 2.75) is 31.5 Å². The van der Waals surface area contributed by atoms with E-state index in [1.54, 1.807) is 33.9 Å². The molecule has 1 N–H and O–H groups in total. The highest BCUT2D eigenvalue weighted by atomic mass is 35.5. The smallest absolute Gasteiger partial charge is 0.339 e. The molecule has 5 rings (SSSR count). The number of halogens is 4. The molecule has 0 radical (unpaired) electrons. The van der Waals surface area contributed by atoms with Gasteiger partial charge in [0.15, 0.2) is 0 Å². The molecule has 0 bridgehead atoms. The molecule has 2 amide bonds. The summed E-state index contributed by atoms with van der Waals surface area (Å²) in [5.41, 5.74) is 1.34. The first-order chi connectivity index (χ1) is 15.2. The maximum absolute atomic E-state index is 13.4. The van der Waals surface area contributed by atoms with E-state index < -0.39 is 11.7 Å². The molecule has 166 valence electrons. The van der Waals surface area contributed by atoms with E-state index in [4.69, 9.17) is 11.6 Å². The molecule has 5 nitrogen and oxygen atoms in total. The van der Waals surface area contributed by atoms with Gasteiger partial charge >= 0.3 is 6.18 Å². The van der Waals surface area contributed by atoms with Gasteiger partial charge in [-0.05, 0) is 36.5 Å². The predicted octanol–water partition coefficient (Wildman–Crippen LogP) is 5.29. The topological polar surface area (TPSA) is 54.3 Å². The van der Waals surface area contributed by atoms with E-state index in [9.17, 15) is 22.8 Å². The second-order valence-electron chi connectivity index (χ2n) is 8.19. The van der Waals surface area contributed by atoms with Crippen molar-refractivity contribution in [3.05, 3.63) is 64.3 Å². The van der Waals surface area contributed by atoms with Gasteiger partial charge in [-0.3, -0.25) is 9.59 Å². The first kappa shape index (κ1) is 20.9. The van der Waals surface area contributed by atoms with Crippen LogP contribution in [-0.2, 0) is 17.5 Å². The summed E-state index contributed by atoms with van der Waals surface area (Å²) in [5, 5.41) is 3.85. The standard InChI is InChI=1S/C23H19ClF3N3O2/c24-18-6-5-15-16(11-30-12-19(31)28-20(18)21(15)30)22(32)29-9-7-13(8-10-29)14-3-1-2-4-17(14)23(25,26)27/h1-6,11,13H,7-10,12H2,(H,28,31). The van der Waals surface area contributed by atoms with Gasteiger partial charge in [-0.1, -0.05) is 35.9 Å². The Balaban J connectivity index is 1.39. The number of benzene rings is 2. The lowest BCUT2D eigenvalue weighted by Gasteiger charge is -2.33. The molecule has 9 heteroatoms. The molecule has 32 heavy (non-hydrogen) atoms. The van der Waals surface area contributed by atoms with Gasteiger partial charge in [0.25, 0.3) is 5.91 Å². The van der Waals surface area contributed by atoms with Gasteiger partial charge < -0.3 is 14.8 Å². The fraction of sp³-hybridized carbons (Fsp3) is 0.304. The van der Waals surface area contributed by atoms with Crippen LogP contribution in [0.5, 0.6) is 0 Å². The summed E-state index contributed by atoms with van der Waals surface area (Å²) in [6, 6.07) is 9.06. The minimum atomic E-state index is -4.40. The van der Waals surface area contributed by atoms with E-state index in [0.717, 1.165) is 6.07 Å². The predicted molar refractivity (Wildman–Crippen MR) is 115 cm³/mol. The molecule has 0 aliphatic carbocycles. The molecule has 0 atom stereocenters. The van der Waals surface area contributed by atoms with Crippen LogP contribution in [-0.4, -0.2) is 34.4 Å². The van der Waals surface area contributed by atoms with Gasteiger partial charge in [0, 0.05) is 24.7 Å². The number of likely N-dealkylation sites (tertiary alicyclic amines) is 1. The molecule has 1 aromatic heterocycles. The molecule has 0 unspecified atom stereocenters. The van der Waals surface area contributed by atoms with Gasteiger partial charge in [-0.2, -0.15) is 13.2 Å². The van der Waals surface area contributed by atoms with Crippen LogP contribution in [0.2, 0.25) is 5.02 Å². The molecule has 0 spiro atoms. The number of carbonyl (C=O) groups is 2. The van der Waals surface area contributed by atoms with E-state index in [1.165, 1.54) is 12.1 Å². The van der Waals surface area contributed by atoms with Crippen molar-refractivity contribution in [2.75, 3.05) is 18.4 Å². The number of amides is 2. The van der Waals surface area contributed by atoms with Gasteiger partial charge in [0.1, 0.15) is 6.54 Å². The summed E-state index contributed by atoms with van der Waals surface area (Å²) >= 11 is 6.23. The number of alkyl halides is 3. The molecule has 1 fully saturated rings. The minimum Gasteiger partial charge on any atom is -0.339 e. The summed E-state index contributed by atoms with van der Waals surface area (Å²) in [5.74, 6) is -0.669. The number of hydrogen-bond donors (Lipinski definition) is 1. The van der Waals surface area contributed by atoms with E-state index in [-0.39, 0.29) is 24.3 Å². The first-order valence-corrected chi connectivity index (χ1v) is 10.7. The zero-order valence-corrected chi connectivity index (χ0v) is 17.6. The van der Waals surface area contributed by atoms with Crippen molar-refractivity contribution in [1.82, 2.24) is 9.47 Å². The highest BCUT2D eigenvalue weighted by molar-refractivity contribution is 6.36. The van der Waals surface area contributed by atoms with Crippen LogP contribution in [0, 0.1) is 0 Å². The van der Waals surface area contributed by atoms with Crippen LogP contribution in [0.25, 0.3) is 10.9 Å². The Kier molecular flexibility index (Phi) is 4.93. The number of nitrogens with one attached hydrogen (secondary N) is 1. The lowest BCUT2D eigenvalue weighted by Crippen LogP contribution is -2.38. The van der Waals surface area contributed by atoms with E-state index >= 15 is 0 Å². The second kappa shape index (κ2) is 7.55. The Bertz CT molecular complexity index is 1240. The van der Waals surface area contributed by atoms with Gasteiger partial charge in [-0.25, -0.2) is 0 Å². The summed E-state index contributed by atoms with van der Waals surface area (Å²) in [4.78, 5) is 27.0. The van der Waals surface area contributed by atoms with Crippen molar-refractivity contribution in [1.29, 1.82) is 0 Å². The number of hydrogen-bond acceptors (Lipinski definition) is 2. The summed E-state index contributed by atoms with van der Waals surface area (Å²) < 4.78 is 41.9. The number of aromatic nitrogens is 1. The summed E-state index contributed by atoms with van der Waals surface area (Å²) in [6.07, 6.45) is -1.83. The van der Waals surface area contributed by atoms with Crippen LogP contribution in [0.3, 0.4) is 0 Å². The van der Waals surface area contributed by atoms with Crippen LogP contribution in [0.15, 0.2) is 42.6 Å².